The monoisotopic (exact) mass is 266 g/mol. The SMILES string of the molecule is Cc1c(C(=O)O)c(F)c(F)c(F)c1-c1ccccc1. The van der Waals surface area contributed by atoms with Crippen molar-refractivity contribution >= 4 is 5.97 Å². The fraction of sp³-hybridized carbons (Fsp3) is 0.0714. The number of carboxylic acids is 1. The van der Waals surface area contributed by atoms with E-state index in [1.165, 1.54) is 19.1 Å². The van der Waals surface area contributed by atoms with Crippen molar-refractivity contribution in [2.75, 3.05) is 0 Å². The Morgan fingerprint density at radius 2 is 1.58 bits per heavy atom. The molecule has 0 atom stereocenters. The average Bonchev–Trinajstić information content (AvgIpc) is 2.37. The molecule has 0 radical (unpaired) electrons. The van der Waals surface area contributed by atoms with Crippen LogP contribution >= 0.6 is 0 Å². The third-order valence-corrected chi connectivity index (χ3v) is 2.85. The molecule has 5 heteroatoms. The zero-order chi connectivity index (χ0) is 14.2. The first kappa shape index (κ1) is 13.1. The van der Waals surface area contributed by atoms with E-state index in [0.717, 1.165) is 0 Å². The van der Waals surface area contributed by atoms with Gasteiger partial charge in [-0.2, -0.15) is 0 Å². The van der Waals surface area contributed by atoms with Crippen molar-refractivity contribution in [3.8, 4) is 11.1 Å². The highest BCUT2D eigenvalue weighted by Crippen LogP contribution is 2.32. The van der Waals surface area contributed by atoms with Gasteiger partial charge >= 0.3 is 5.97 Å². The molecule has 0 aliphatic carbocycles. The summed E-state index contributed by atoms with van der Waals surface area (Å²) in [5.74, 6) is -6.47. The molecule has 2 rings (SSSR count). The molecule has 0 amide bonds. The molecule has 2 aromatic carbocycles. The number of rotatable bonds is 2. The van der Waals surface area contributed by atoms with Gasteiger partial charge in [-0.15, -0.1) is 0 Å². The molecule has 0 heterocycles. The molecule has 0 spiro atoms. The first-order valence-corrected chi connectivity index (χ1v) is 5.41. The van der Waals surface area contributed by atoms with Crippen LogP contribution < -0.4 is 0 Å². The lowest BCUT2D eigenvalue weighted by molar-refractivity contribution is 0.0689. The van der Waals surface area contributed by atoms with Crippen LogP contribution in [0.15, 0.2) is 30.3 Å². The van der Waals surface area contributed by atoms with Crippen molar-refractivity contribution in [2.24, 2.45) is 0 Å². The Bertz CT molecular complexity index is 652. The maximum Gasteiger partial charge on any atom is 0.339 e. The molecular formula is C14H9F3O2. The summed E-state index contributed by atoms with van der Waals surface area (Å²) in [5, 5.41) is 8.90. The number of halogens is 3. The van der Waals surface area contributed by atoms with Crippen molar-refractivity contribution in [1.82, 2.24) is 0 Å². The van der Waals surface area contributed by atoms with Crippen LogP contribution in [-0.2, 0) is 0 Å². The molecule has 0 bridgehead atoms. The fourth-order valence-electron chi connectivity index (χ4n) is 1.97. The first-order chi connectivity index (χ1) is 8.95. The molecule has 0 saturated carbocycles. The molecular weight excluding hydrogens is 257 g/mol. The van der Waals surface area contributed by atoms with E-state index in [0.29, 0.717) is 5.56 Å². The number of hydrogen-bond acceptors (Lipinski definition) is 1. The molecule has 2 nitrogen and oxygen atoms in total. The Labute approximate surface area is 107 Å². The minimum atomic E-state index is -1.78. The van der Waals surface area contributed by atoms with E-state index in [1.54, 1.807) is 18.2 Å². The smallest absolute Gasteiger partial charge is 0.339 e. The van der Waals surface area contributed by atoms with Gasteiger partial charge in [0.25, 0.3) is 0 Å². The van der Waals surface area contributed by atoms with Crippen LogP contribution in [0.5, 0.6) is 0 Å². The van der Waals surface area contributed by atoms with Crippen LogP contribution in [0.3, 0.4) is 0 Å². The van der Waals surface area contributed by atoms with E-state index in [-0.39, 0.29) is 11.1 Å². The molecule has 0 fully saturated rings. The minimum Gasteiger partial charge on any atom is -0.478 e. The Balaban J connectivity index is 2.86. The van der Waals surface area contributed by atoms with Crippen LogP contribution in [0.1, 0.15) is 15.9 Å². The topological polar surface area (TPSA) is 37.3 Å². The summed E-state index contributed by atoms with van der Waals surface area (Å²) in [5.41, 5.74) is -0.941. The van der Waals surface area contributed by atoms with Crippen molar-refractivity contribution in [3.05, 3.63) is 58.9 Å². The molecule has 2 aromatic rings. The Hall–Kier alpha value is -2.30. The molecule has 0 aliphatic rings. The molecule has 1 N–H and O–H groups in total. The quantitative estimate of drug-likeness (QED) is 0.840. The second-order valence-electron chi connectivity index (χ2n) is 3.99. The Morgan fingerprint density at radius 3 is 2.11 bits per heavy atom. The van der Waals surface area contributed by atoms with Crippen LogP contribution in [0, 0.1) is 24.4 Å². The number of aromatic carboxylic acids is 1. The van der Waals surface area contributed by atoms with Gasteiger partial charge in [-0.05, 0) is 18.1 Å². The second-order valence-corrected chi connectivity index (χ2v) is 3.99. The summed E-state index contributed by atoms with van der Waals surface area (Å²) in [6.07, 6.45) is 0. The summed E-state index contributed by atoms with van der Waals surface area (Å²) < 4.78 is 40.8. The third kappa shape index (κ3) is 2.07. The Morgan fingerprint density at radius 1 is 1.00 bits per heavy atom. The van der Waals surface area contributed by atoms with E-state index in [9.17, 15) is 18.0 Å². The zero-order valence-electron chi connectivity index (χ0n) is 9.88. The summed E-state index contributed by atoms with van der Waals surface area (Å²) in [6.45, 7) is 1.25. The number of benzene rings is 2. The van der Waals surface area contributed by atoms with Gasteiger partial charge < -0.3 is 5.11 Å². The molecule has 0 aromatic heterocycles. The van der Waals surface area contributed by atoms with Crippen molar-refractivity contribution < 1.29 is 23.1 Å². The number of carbonyl (C=O) groups is 1. The third-order valence-electron chi connectivity index (χ3n) is 2.85. The number of carboxylic acid groups (broad SMARTS) is 1. The van der Waals surface area contributed by atoms with Gasteiger partial charge in [-0.3, -0.25) is 0 Å². The lowest BCUT2D eigenvalue weighted by atomic mass is 9.95. The summed E-state index contributed by atoms with van der Waals surface area (Å²) in [7, 11) is 0. The van der Waals surface area contributed by atoms with Gasteiger partial charge in [0.15, 0.2) is 17.5 Å². The van der Waals surface area contributed by atoms with Crippen LogP contribution in [0.2, 0.25) is 0 Å². The van der Waals surface area contributed by atoms with Crippen molar-refractivity contribution in [1.29, 1.82) is 0 Å². The van der Waals surface area contributed by atoms with Crippen LogP contribution in [0.4, 0.5) is 13.2 Å². The lowest BCUT2D eigenvalue weighted by Crippen LogP contribution is -2.10. The summed E-state index contributed by atoms with van der Waals surface area (Å²) in [6, 6.07) is 7.85. The predicted octanol–water partition coefficient (Wildman–Crippen LogP) is 3.78. The fourth-order valence-corrected chi connectivity index (χ4v) is 1.97. The van der Waals surface area contributed by atoms with Gasteiger partial charge in [-0.1, -0.05) is 30.3 Å². The normalized spacial score (nSPS) is 10.5. The van der Waals surface area contributed by atoms with E-state index < -0.39 is 29.0 Å². The van der Waals surface area contributed by atoms with Gasteiger partial charge in [0.05, 0.1) is 0 Å². The van der Waals surface area contributed by atoms with Crippen molar-refractivity contribution in [2.45, 2.75) is 6.92 Å². The maximum atomic E-state index is 13.8. The second kappa shape index (κ2) is 4.76. The van der Waals surface area contributed by atoms with E-state index >= 15 is 0 Å². The molecule has 98 valence electrons. The maximum absolute atomic E-state index is 13.8. The molecule has 0 saturated heterocycles. The minimum absolute atomic E-state index is 0.143. The summed E-state index contributed by atoms with van der Waals surface area (Å²) >= 11 is 0. The molecule has 0 aliphatic heterocycles. The van der Waals surface area contributed by atoms with Crippen molar-refractivity contribution in [3.63, 3.8) is 0 Å². The highest BCUT2D eigenvalue weighted by atomic mass is 19.2. The average molecular weight is 266 g/mol. The zero-order valence-corrected chi connectivity index (χ0v) is 9.88. The predicted molar refractivity (Wildman–Crippen MR) is 63.4 cm³/mol. The molecule has 19 heavy (non-hydrogen) atoms. The van der Waals surface area contributed by atoms with Gasteiger partial charge in [0.1, 0.15) is 5.56 Å². The first-order valence-electron chi connectivity index (χ1n) is 5.41. The van der Waals surface area contributed by atoms with E-state index in [1.807, 2.05) is 0 Å². The largest absolute Gasteiger partial charge is 0.478 e. The number of hydrogen-bond donors (Lipinski definition) is 1. The Kier molecular flexibility index (Phi) is 3.29. The molecule has 0 unspecified atom stereocenters. The van der Waals surface area contributed by atoms with Gasteiger partial charge in [0.2, 0.25) is 0 Å². The lowest BCUT2D eigenvalue weighted by Gasteiger charge is -2.12. The van der Waals surface area contributed by atoms with E-state index in [2.05, 4.69) is 0 Å². The highest BCUT2D eigenvalue weighted by Gasteiger charge is 2.26. The van der Waals surface area contributed by atoms with E-state index in [4.69, 9.17) is 5.11 Å². The van der Waals surface area contributed by atoms with Crippen LogP contribution in [0.25, 0.3) is 11.1 Å². The summed E-state index contributed by atoms with van der Waals surface area (Å²) in [4.78, 5) is 11.0. The standard InChI is InChI=1S/C14H9F3O2/c1-7-9(8-5-3-2-4-6-8)11(15)13(17)12(16)10(7)14(18)19/h2-6H,1H3,(H,18,19). The van der Waals surface area contributed by atoms with Gasteiger partial charge in [0, 0.05) is 5.56 Å². The van der Waals surface area contributed by atoms with Gasteiger partial charge in [-0.25, -0.2) is 18.0 Å². The van der Waals surface area contributed by atoms with Crippen LogP contribution in [-0.4, -0.2) is 11.1 Å². The highest BCUT2D eigenvalue weighted by molar-refractivity contribution is 5.92.